The summed E-state index contributed by atoms with van der Waals surface area (Å²) in [4.78, 5) is 38.0. The lowest BCUT2D eigenvalue weighted by atomic mass is 10.1. The quantitative estimate of drug-likeness (QED) is 0.859. The zero-order chi connectivity index (χ0) is 17.9. The molecule has 0 spiro atoms. The average Bonchev–Trinajstić information content (AvgIpc) is 2.90. The molecule has 1 aromatic carbocycles. The first-order chi connectivity index (χ1) is 11.2. The predicted octanol–water partition coefficient (Wildman–Crippen LogP) is 2.45. The number of rotatable bonds is 4. The third kappa shape index (κ3) is 4.13. The smallest absolute Gasteiger partial charge is 0.338 e. The topological polar surface area (TPSA) is 75.7 Å². The number of nitrogens with one attached hydrogen (secondary N) is 1. The van der Waals surface area contributed by atoms with Crippen molar-refractivity contribution >= 4 is 23.5 Å². The Morgan fingerprint density at radius 1 is 1.33 bits per heavy atom. The molecule has 1 atom stereocenters. The highest BCUT2D eigenvalue weighted by Crippen LogP contribution is 2.26. The number of carbonyl (C=O) groups is 3. The second kappa shape index (κ2) is 7.03. The maximum atomic E-state index is 12.4. The summed E-state index contributed by atoms with van der Waals surface area (Å²) in [7, 11) is 0. The molecule has 1 N–H and O–H groups in total. The van der Waals surface area contributed by atoms with E-state index in [1.54, 1.807) is 36.1 Å². The highest BCUT2D eigenvalue weighted by molar-refractivity contribution is 5.98. The highest BCUT2D eigenvalue weighted by Gasteiger charge is 2.39. The molecule has 6 heteroatoms. The van der Waals surface area contributed by atoms with Crippen LogP contribution in [0.15, 0.2) is 24.3 Å². The van der Waals surface area contributed by atoms with Crippen molar-refractivity contribution in [3.63, 3.8) is 0 Å². The minimum atomic E-state index is -0.427. The molecule has 6 nitrogen and oxygen atoms in total. The van der Waals surface area contributed by atoms with E-state index in [4.69, 9.17) is 4.74 Å². The van der Waals surface area contributed by atoms with Gasteiger partial charge in [0, 0.05) is 24.2 Å². The van der Waals surface area contributed by atoms with Crippen LogP contribution in [0.5, 0.6) is 0 Å². The van der Waals surface area contributed by atoms with Crippen molar-refractivity contribution in [3.8, 4) is 0 Å². The molecule has 2 rings (SSSR count). The van der Waals surface area contributed by atoms with Crippen molar-refractivity contribution in [2.24, 2.45) is 5.92 Å². The molecule has 1 saturated heterocycles. The van der Waals surface area contributed by atoms with Gasteiger partial charge < -0.3 is 15.0 Å². The number of esters is 1. The van der Waals surface area contributed by atoms with Crippen molar-refractivity contribution < 1.29 is 19.1 Å². The Morgan fingerprint density at radius 3 is 2.62 bits per heavy atom. The van der Waals surface area contributed by atoms with Crippen LogP contribution in [0.25, 0.3) is 0 Å². The first kappa shape index (κ1) is 18.0. The lowest BCUT2D eigenvalue weighted by Gasteiger charge is -2.31. The Hall–Kier alpha value is -2.37. The summed E-state index contributed by atoms with van der Waals surface area (Å²) in [5, 5.41) is 2.79. The molecule has 1 heterocycles. The van der Waals surface area contributed by atoms with Crippen LogP contribution in [0.3, 0.4) is 0 Å². The Labute approximate surface area is 142 Å². The van der Waals surface area contributed by atoms with E-state index in [0.717, 1.165) is 0 Å². The van der Waals surface area contributed by atoms with E-state index in [0.29, 0.717) is 24.4 Å². The minimum Gasteiger partial charge on any atom is -0.462 e. The molecule has 1 fully saturated rings. The third-order valence-corrected chi connectivity index (χ3v) is 3.95. The summed E-state index contributed by atoms with van der Waals surface area (Å²) in [5.74, 6) is -1.04. The van der Waals surface area contributed by atoms with E-state index < -0.39 is 5.97 Å². The molecular weight excluding hydrogens is 308 g/mol. The van der Waals surface area contributed by atoms with E-state index in [2.05, 4.69) is 5.32 Å². The van der Waals surface area contributed by atoms with Gasteiger partial charge in [-0.15, -0.1) is 0 Å². The average molecular weight is 332 g/mol. The molecule has 1 unspecified atom stereocenters. The zero-order valence-electron chi connectivity index (χ0n) is 14.6. The van der Waals surface area contributed by atoms with Crippen LogP contribution in [-0.4, -0.2) is 41.4 Å². The van der Waals surface area contributed by atoms with E-state index in [9.17, 15) is 14.4 Å². The summed E-state index contributed by atoms with van der Waals surface area (Å²) in [6.45, 7) is 8.30. The Kier molecular flexibility index (Phi) is 5.26. The Balaban J connectivity index is 2.04. The van der Waals surface area contributed by atoms with Gasteiger partial charge in [-0.2, -0.15) is 0 Å². The second-order valence-corrected chi connectivity index (χ2v) is 6.87. The summed E-state index contributed by atoms with van der Waals surface area (Å²) in [6, 6.07) is 6.60. The summed E-state index contributed by atoms with van der Waals surface area (Å²) >= 11 is 0. The molecule has 0 aromatic heterocycles. The van der Waals surface area contributed by atoms with Crippen molar-refractivity contribution in [1.82, 2.24) is 4.90 Å². The standard InChI is InChI=1S/C18H24N2O4/c1-5-24-17(23)12-7-6-8-14(9-12)19-16(22)13-10-15(21)20(11-13)18(2,3)4/h6-9,13H,5,10-11H2,1-4H3,(H,19,22). The summed E-state index contributed by atoms with van der Waals surface area (Å²) in [5.41, 5.74) is 0.608. The van der Waals surface area contributed by atoms with Gasteiger partial charge in [0.1, 0.15) is 0 Å². The first-order valence-corrected chi connectivity index (χ1v) is 8.11. The molecule has 2 amide bonds. The van der Waals surface area contributed by atoms with Crippen LogP contribution in [0.1, 0.15) is 44.5 Å². The fraction of sp³-hybridized carbons (Fsp3) is 0.500. The zero-order valence-corrected chi connectivity index (χ0v) is 14.6. The summed E-state index contributed by atoms with van der Waals surface area (Å²) in [6.07, 6.45) is 0.209. The molecule has 24 heavy (non-hydrogen) atoms. The fourth-order valence-corrected chi connectivity index (χ4v) is 2.71. The number of carbonyl (C=O) groups excluding carboxylic acids is 3. The Morgan fingerprint density at radius 2 is 2.04 bits per heavy atom. The molecule has 1 aliphatic heterocycles. The van der Waals surface area contributed by atoms with E-state index >= 15 is 0 Å². The number of likely N-dealkylation sites (tertiary alicyclic amines) is 1. The second-order valence-electron chi connectivity index (χ2n) is 6.87. The number of benzene rings is 1. The number of nitrogens with zero attached hydrogens (tertiary/aromatic N) is 1. The van der Waals surface area contributed by atoms with Gasteiger partial charge in [0.2, 0.25) is 11.8 Å². The Bertz CT molecular complexity index is 649. The number of amides is 2. The fourth-order valence-electron chi connectivity index (χ4n) is 2.71. The van der Waals surface area contributed by atoms with Crippen LogP contribution in [0.4, 0.5) is 5.69 Å². The minimum absolute atomic E-state index is 0.0112. The lowest BCUT2D eigenvalue weighted by Crippen LogP contribution is -2.42. The van der Waals surface area contributed by atoms with Crippen molar-refractivity contribution in [2.45, 2.75) is 39.7 Å². The van der Waals surface area contributed by atoms with E-state index in [-0.39, 0.29) is 29.7 Å². The van der Waals surface area contributed by atoms with Crippen molar-refractivity contribution in [2.75, 3.05) is 18.5 Å². The van der Waals surface area contributed by atoms with Gasteiger partial charge in [-0.1, -0.05) is 6.07 Å². The van der Waals surface area contributed by atoms with Crippen LogP contribution in [0, 0.1) is 5.92 Å². The number of hydrogen-bond acceptors (Lipinski definition) is 4. The van der Waals surface area contributed by atoms with Gasteiger partial charge in [0.15, 0.2) is 0 Å². The van der Waals surface area contributed by atoms with Gasteiger partial charge in [-0.05, 0) is 45.9 Å². The molecule has 0 aliphatic carbocycles. The van der Waals surface area contributed by atoms with Crippen LogP contribution >= 0.6 is 0 Å². The lowest BCUT2D eigenvalue weighted by molar-refractivity contribution is -0.131. The third-order valence-electron chi connectivity index (χ3n) is 3.95. The molecule has 1 aromatic rings. The van der Waals surface area contributed by atoms with Crippen LogP contribution in [0.2, 0.25) is 0 Å². The van der Waals surface area contributed by atoms with Gasteiger partial charge in [-0.25, -0.2) is 4.79 Å². The maximum absolute atomic E-state index is 12.4. The highest BCUT2D eigenvalue weighted by atomic mass is 16.5. The monoisotopic (exact) mass is 332 g/mol. The SMILES string of the molecule is CCOC(=O)c1cccc(NC(=O)C2CC(=O)N(C(C)(C)C)C2)c1. The van der Waals surface area contributed by atoms with Crippen LogP contribution < -0.4 is 5.32 Å². The van der Waals surface area contributed by atoms with E-state index in [1.807, 2.05) is 20.8 Å². The van der Waals surface area contributed by atoms with Gasteiger partial charge in [0.05, 0.1) is 18.1 Å². The van der Waals surface area contributed by atoms with Gasteiger partial charge in [0.25, 0.3) is 0 Å². The van der Waals surface area contributed by atoms with Crippen LogP contribution in [-0.2, 0) is 14.3 Å². The molecular formula is C18H24N2O4. The largest absolute Gasteiger partial charge is 0.462 e. The number of hydrogen-bond donors (Lipinski definition) is 1. The van der Waals surface area contributed by atoms with Crippen molar-refractivity contribution in [3.05, 3.63) is 29.8 Å². The number of ether oxygens (including phenoxy) is 1. The molecule has 0 bridgehead atoms. The van der Waals surface area contributed by atoms with Gasteiger partial charge in [-0.3, -0.25) is 9.59 Å². The van der Waals surface area contributed by atoms with Gasteiger partial charge >= 0.3 is 5.97 Å². The molecule has 0 radical (unpaired) electrons. The first-order valence-electron chi connectivity index (χ1n) is 8.11. The molecule has 0 saturated carbocycles. The van der Waals surface area contributed by atoms with Crippen molar-refractivity contribution in [1.29, 1.82) is 0 Å². The number of anilines is 1. The molecule has 1 aliphatic rings. The summed E-state index contributed by atoms with van der Waals surface area (Å²) < 4.78 is 4.95. The molecule has 130 valence electrons. The predicted molar refractivity (Wildman–Crippen MR) is 90.6 cm³/mol. The normalized spacial score (nSPS) is 17.8. The maximum Gasteiger partial charge on any atom is 0.338 e. The van der Waals surface area contributed by atoms with E-state index in [1.165, 1.54) is 0 Å².